The van der Waals surface area contributed by atoms with Gasteiger partial charge < -0.3 is 19.9 Å². The molecule has 0 bridgehead atoms. The molecule has 1 fully saturated rings. The number of carbonyl (C=O) groups excluding carboxylic acids is 1. The lowest BCUT2D eigenvalue weighted by atomic mass is 9.80. The van der Waals surface area contributed by atoms with E-state index in [1.165, 1.54) is 5.56 Å². The van der Waals surface area contributed by atoms with Crippen molar-refractivity contribution in [1.29, 1.82) is 0 Å². The fourth-order valence-corrected chi connectivity index (χ4v) is 3.86. The van der Waals surface area contributed by atoms with Crippen molar-refractivity contribution in [1.82, 2.24) is 5.32 Å². The van der Waals surface area contributed by atoms with E-state index in [0.29, 0.717) is 6.61 Å². The van der Waals surface area contributed by atoms with Gasteiger partial charge in [-0.3, -0.25) is 0 Å². The Kier molecular flexibility index (Phi) is 7.25. The van der Waals surface area contributed by atoms with Crippen LogP contribution in [0.3, 0.4) is 0 Å². The number of hydrogen-bond acceptors (Lipinski definition) is 4. The lowest BCUT2D eigenvalue weighted by Crippen LogP contribution is -2.45. The maximum absolute atomic E-state index is 12.5. The van der Waals surface area contributed by atoms with Gasteiger partial charge in [0, 0.05) is 5.92 Å². The number of carboxylic acid groups (broad SMARTS) is 1. The van der Waals surface area contributed by atoms with Gasteiger partial charge in [0.2, 0.25) is 0 Å². The molecular weight excluding hydrogens is 370 g/mol. The van der Waals surface area contributed by atoms with E-state index in [9.17, 15) is 9.59 Å². The third-order valence-corrected chi connectivity index (χ3v) is 5.36. The third kappa shape index (κ3) is 6.06. The lowest BCUT2D eigenvalue weighted by Gasteiger charge is -2.31. The van der Waals surface area contributed by atoms with Gasteiger partial charge in [-0.1, -0.05) is 60.7 Å². The van der Waals surface area contributed by atoms with E-state index in [1.54, 1.807) is 0 Å². The van der Waals surface area contributed by atoms with E-state index >= 15 is 0 Å². The highest BCUT2D eigenvalue weighted by molar-refractivity contribution is 5.81. The maximum atomic E-state index is 12.5. The summed E-state index contributed by atoms with van der Waals surface area (Å²) in [7, 11) is 0. The number of hydrogen-bond donors (Lipinski definition) is 2. The maximum Gasteiger partial charge on any atom is 0.405 e. The number of amides is 1. The molecule has 2 aromatic rings. The highest BCUT2D eigenvalue weighted by atomic mass is 16.6. The molecule has 1 aliphatic rings. The zero-order valence-corrected chi connectivity index (χ0v) is 16.5. The van der Waals surface area contributed by atoms with Crippen LogP contribution in [0.2, 0.25) is 0 Å². The standard InChI is InChI=1S/C23H27NO5/c1-16-20(13-18-10-6-3-7-11-18)19(12-17-8-4-2-5-9-17)14-28-15-21(22(25)29-16)24-23(26)27/h2-11,16,19-21,24H,12-15H2,1H3,(H,26,27)/t16-,19-,20-,21-/m0/s1. The molecule has 0 aromatic heterocycles. The highest BCUT2D eigenvalue weighted by Gasteiger charge is 2.34. The first-order valence-electron chi connectivity index (χ1n) is 9.88. The van der Waals surface area contributed by atoms with E-state index in [-0.39, 0.29) is 24.5 Å². The molecule has 0 aliphatic carbocycles. The summed E-state index contributed by atoms with van der Waals surface area (Å²) in [5.74, 6) is -0.451. The lowest BCUT2D eigenvalue weighted by molar-refractivity contribution is -0.153. The molecule has 1 aliphatic heterocycles. The number of ether oxygens (including phenoxy) is 2. The van der Waals surface area contributed by atoms with E-state index < -0.39 is 18.1 Å². The Balaban J connectivity index is 1.84. The monoisotopic (exact) mass is 397 g/mol. The van der Waals surface area contributed by atoms with Crippen LogP contribution >= 0.6 is 0 Å². The fraction of sp³-hybridized carbons (Fsp3) is 0.391. The smallest absolute Gasteiger partial charge is 0.405 e. The number of nitrogens with one attached hydrogen (secondary N) is 1. The van der Waals surface area contributed by atoms with E-state index in [4.69, 9.17) is 14.6 Å². The van der Waals surface area contributed by atoms with Crippen molar-refractivity contribution < 1.29 is 24.2 Å². The average molecular weight is 397 g/mol. The average Bonchev–Trinajstić information content (AvgIpc) is 2.75. The summed E-state index contributed by atoms with van der Waals surface area (Å²) in [4.78, 5) is 23.5. The van der Waals surface area contributed by atoms with Crippen LogP contribution in [0.5, 0.6) is 0 Å². The molecule has 2 aromatic carbocycles. The van der Waals surface area contributed by atoms with Gasteiger partial charge >= 0.3 is 12.1 Å². The molecule has 0 saturated carbocycles. The Morgan fingerprint density at radius 3 is 2.17 bits per heavy atom. The van der Waals surface area contributed by atoms with Crippen LogP contribution in [0, 0.1) is 11.8 Å². The summed E-state index contributed by atoms with van der Waals surface area (Å²) in [5, 5.41) is 11.2. The topological polar surface area (TPSA) is 84.9 Å². The zero-order chi connectivity index (χ0) is 20.6. The van der Waals surface area contributed by atoms with Gasteiger partial charge in [-0.05, 0) is 36.8 Å². The van der Waals surface area contributed by atoms with Crippen molar-refractivity contribution in [3.05, 3.63) is 71.8 Å². The summed E-state index contributed by atoms with van der Waals surface area (Å²) in [6.45, 7) is 2.26. The largest absolute Gasteiger partial charge is 0.465 e. The molecule has 0 spiro atoms. The molecule has 6 heteroatoms. The fourth-order valence-electron chi connectivity index (χ4n) is 3.86. The number of benzene rings is 2. The second-order valence-corrected chi connectivity index (χ2v) is 7.48. The highest BCUT2D eigenvalue weighted by Crippen LogP contribution is 2.28. The predicted molar refractivity (Wildman–Crippen MR) is 109 cm³/mol. The number of rotatable bonds is 5. The first-order chi connectivity index (χ1) is 14.0. The second kappa shape index (κ2) is 10.1. The quantitative estimate of drug-likeness (QED) is 0.756. The summed E-state index contributed by atoms with van der Waals surface area (Å²) >= 11 is 0. The first kappa shape index (κ1) is 20.9. The van der Waals surface area contributed by atoms with Crippen molar-refractivity contribution in [2.45, 2.75) is 31.9 Å². The number of cyclic esters (lactones) is 1. The van der Waals surface area contributed by atoms with Gasteiger partial charge in [0.15, 0.2) is 6.04 Å². The minimum absolute atomic E-state index is 0.0325. The van der Waals surface area contributed by atoms with Crippen LogP contribution in [0.15, 0.2) is 60.7 Å². The van der Waals surface area contributed by atoms with E-state index in [1.807, 2.05) is 43.3 Å². The molecule has 0 unspecified atom stereocenters. The van der Waals surface area contributed by atoms with Crippen LogP contribution in [-0.2, 0) is 27.1 Å². The molecular formula is C23H27NO5. The Morgan fingerprint density at radius 2 is 1.59 bits per heavy atom. The van der Waals surface area contributed by atoms with Crippen LogP contribution < -0.4 is 5.32 Å². The van der Waals surface area contributed by atoms with Crippen molar-refractivity contribution in [3.8, 4) is 0 Å². The number of esters is 1. The molecule has 1 amide bonds. The van der Waals surface area contributed by atoms with Gasteiger partial charge in [-0.15, -0.1) is 0 Å². The van der Waals surface area contributed by atoms with Crippen LogP contribution in [0.25, 0.3) is 0 Å². The summed E-state index contributed by atoms with van der Waals surface area (Å²) in [5.41, 5.74) is 2.36. The minimum atomic E-state index is -1.27. The van der Waals surface area contributed by atoms with Gasteiger partial charge in [-0.25, -0.2) is 9.59 Å². The SMILES string of the molecule is C[C@@H]1OC(=O)[C@@H](NC(=O)O)COC[C@H](Cc2ccccc2)[C@H]1Cc1ccccc1. The number of carbonyl (C=O) groups is 2. The summed E-state index contributed by atoms with van der Waals surface area (Å²) in [6.07, 6.45) is -0.120. The predicted octanol–water partition coefficient (Wildman–Crippen LogP) is 3.30. The molecule has 0 radical (unpaired) electrons. The van der Waals surface area contributed by atoms with Crippen molar-refractivity contribution in [2.75, 3.05) is 13.2 Å². The molecule has 2 N–H and O–H groups in total. The van der Waals surface area contributed by atoms with Gasteiger partial charge in [0.05, 0.1) is 13.2 Å². The van der Waals surface area contributed by atoms with Crippen LogP contribution in [0.4, 0.5) is 4.79 Å². The minimum Gasteiger partial charge on any atom is -0.465 e. The second-order valence-electron chi connectivity index (χ2n) is 7.48. The molecule has 1 heterocycles. The zero-order valence-electron chi connectivity index (χ0n) is 16.5. The molecule has 29 heavy (non-hydrogen) atoms. The molecule has 4 atom stereocenters. The summed E-state index contributed by atoms with van der Waals surface area (Å²) < 4.78 is 11.5. The van der Waals surface area contributed by atoms with Gasteiger partial charge in [0.25, 0.3) is 0 Å². The molecule has 6 nitrogen and oxygen atoms in total. The van der Waals surface area contributed by atoms with Crippen molar-refractivity contribution in [3.63, 3.8) is 0 Å². The Morgan fingerprint density at radius 1 is 1.00 bits per heavy atom. The summed E-state index contributed by atoms with van der Waals surface area (Å²) in [6, 6.07) is 19.2. The third-order valence-electron chi connectivity index (χ3n) is 5.36. The Bertz CT molecular complexity index is 795. The van der Waals surface area contributed by atoms with E-state index in [0.717, 1.165) is 18.4 Å². The van der Waals surface area contributed by atoms with E-state index in [2.05, 4.69) is 29.6 Å². The first-order valence-corrected chi connectivity index (χ1v) is 9.88. The van der Waals surface area contributed by atoms with Gasteiger partial charge in [0.1, 0.15) is 6.10 Å². The van der Waals surface area contributed by atoms with Crippen molar-refractivity contribution in [2.24, 2.45) is 11.8 Å². The van der Waals surface area contributed by atoms with Crippen LogP contribution in [0.1, 0.15) is 18.1 Å². The van der Waals surface area contributed by atoms with Crippen LogP contribution in [-0.4, -0.2) is 42.5 Å². The molecule has 1 saturated heterocycles. The van der Waals surface area contributed by atoms with Crippen molar-refractivity contribution >= 4 is 12.1 Å². The Hall–Kier alpha value is -2.86. The molecule has 154 valence electrons. The molecule has 3 rings (SSSR count). The normalized spacial score (nSPS) is 25.2. The van der Waals surface area contributed by atoms with Gasteiger partial charge in [-0.2, -0.15) is 0 Å². The Labute approximate surface area is 170 Å².